The lowest BCUT2D eigenvalue weighted by Crippen LogP contribution is -2.40. The standard InChI is InChI=1S/C24H32N4O2/c1-5-25-24(26-16-18-6-8-20(9-7-18)23(29)27(2)3)28-15-14-21(17-28)19-10-12-22(30-4)13-11-19/h6-13,21H,5,14-17H2,1-4H3,(H,25,26). The second-order valence-corrected chi connectivity index (χ2v) is 7.77. The highest BCUT2D eigenvalue weighted by atomic mass is 16.5. The zero-order valence-electron chi connectivity index (χ0n) is 18.4. The Labute approximate surface area is 179 Å². The molecule has 30 heavy (non-hydrogen) atoms. The number of ether oxygens (including phenoxy) is 1. The topological polar surface area (TPSA) is 57.2 Å². The van der Waals surface area contributed by atoms with Crippen molar-refractivity contribution in [3.63, 3.8) is 0 Å². The number of benzene rings is 2. The van der Waals surface area contributed by atoms with Crippen molar-refractivity contribution in [2.24, 2.45) is 4.99 Å². The Kier molecular flexibility index (Phi) is 7.33. The summed E-state index contributed by atoms with van der Waals surface area (Å²) in [5.74, 6) is 2.35. The summed E-state index contributed by atoms with van der Waals surface area (Å²) in [6.07, 6.45) is 1.11. The molecule has 1 heterocycles. The number of hydrogen-bond acceptors (Lipinski definition) is 3. The number of methoxy groups -OCH3 is 1. The summed E-state index contributed by atoms with van der Waals surface area (Å²) in [4.78, 5) is 20.8. The van der Waals surface area contributed by atoms with E-state index in [-0.39, 0.29) is 5.91 Å². The molecule has 0 aliphatic carbocycles. The molecule has 1 N–H and O–H groups in total. The molecule has 0 radical (unpaired) electrons. The third-order valence-electron chi connectivity index (χ3n) is 5.43. The molecule has 3 rings (SSSR count). The first-order chi connectivity index (χ1) is 14.5. The highest BCUT2D eigenvalue weighted by molar-refractivity contribution is 5.93. The van der Waals surface area contributed by atoms with Crippen molar-refractivity contribution in [2.75, 3.05) is 40.8 Å². The Hall–Kier alpha value is -3.02. The number of nitrogens with one attached hydrogen (secondary N) is 1. The lowest BCUT2D eigenvalue weighted by atomic mass is 9.98. The van der Waals surface area contributed by atoms with E-state index in [0.29, 0.717) is 18.0 Å². The van der Waals surface area contributed by atoms with Gasteiger partial charge in [-0.3, -0.25) is 4.79 Å². The van der Waals surface area contributed by atoms with E-state index in [1.807, 2.05) is 36.4 Å². The van der Waals surface area contributed by atoms with Gasteiger partial charge in [-0.1, -0.05) is 24.3 Å². The van der Waals surface area contributed by atoms with Crippen molar-refractivity contribution in [3.8, 4) is 5.75 Å². The van der Waals surface area contributed by atoms with Crippen molar-refractivity contribution < 1.29 is 9.53 Å². The summed E-state index contributed by atoms with van der Waals surface area (Å²) in [6.45, 7) is 5.45. The molecule has 0 saturated carbocycles. The normalized spacial score (nSPS) is 16.5. The first-order valence-corrected chi connectivity index (χ1v) is 10.5. The molecule has 1 aliphatic heterocycles. The Bertz CT molecular complexity index is 860. The van der Waals surface area contributed by atoms with Crippen LogP contribution in [0.3, 0.4) is 0 Å². The number of likely N-dealkylation sites (tertiary alicyclic amines) is 1. The maximum absolute atomic E-state index is 12.0. The molecular weight excluding hydrogens is 376 g/mol. The summed E-state index contributed by atoms with van der Waals surface area (Å²) in [6, 6.07) is 16.1. The van der Waals surface area contributed by atoms with Crippen LogP contribution in [0.25, 0.3) is 0 Å². The molecule has 2 aromatic rings. The number of guanidine groups is 1. The van der Waals surface area contributed by atoms with Crippen LogP contribution in [0.4, 0.5) is 0 Å². The van der Waals surface area contributed by atoms with Crippen LogP contribution in [-0.4, -0.2) is 62.5 Å². The fourth-order valence-corrected chi connectivity index (χ4v) is 3.70. The molecule has 1 amide bonds. The van der Waals surface area contributed by atoms with E-state index in [2.05, 4.69) is 29.3 Å². The highest BCUT2D eigenvalue weighted by Gasteiger charge is 2.26. The number of rotatable bonds is 6. The molecule has 1 unspecified atom stereocenters. The lowest BCUT2D eigenvalue weighted by Gasteiger charge is -2.22. The van der Waals surface area contributed by atoms with Crippen molar-refractivity contribution in [2.45, 2.75) is 25.8 Å². The Morgan fingerprint density at radius 1 is 1.17 bits per heavy atom. The molecule has 0 spiro atoms. The first-order valence-electron chi connectivity index (χ1n) is 10.5. The summed E-state index contributed by atoms with van der Waals surface area (Å²) < 4.78 is 5.27. The fraction of sp³-hybridized carbons (Fsp3) is 0.417. The SMILES string of the molecule is CCNC(=NCc1ccc(C(=O)N(C)C)cc1)N1CCC(c2ccc(OC)cc2)C1. The molecule has 6 heteroatoms. The minimum atomic E-state index is 0.0139. The minimum absolute atomic E-state index is 0.0139. The van der Waals surface area contributed by atoms with E-state index in [1.165, 1.54) is 5.56 Å². The molecular formula is C24H32N4O2. The van der Waals surface area contributed by atoms with Crippen LogP contribution in [-0.2, 0) is 6.54 Å². The molecule has 1 fully saturated rings. The smallest absolute Gasteiger partial charge is 0.253 e. The minimum Gasteiger partial charge on any atom is -0.497 e. The number of carbonyl (C=O) groups is 1. The maximum Gasteiger partial charge on any atom is 0.253 e. The van der Waals surface area contributed by atoms with Gasteiger partial charge in [0.2, 0.25) is 0 Å². The second-order valence-electron chi connectivity index (χ2n) is 7.77. The number of carbonyl (C=O) groups excluding carboxylic acids is 1. The van der Waals surface area contributed by atoms with Gasteiger partial charge in [-0.25, -0.2) is 4.99 Å². The summed E-state index contributed by atoms with van der Waals surface area (Å²) in [5, 5.41) is 3.42. The zero-order valence-corrected chi connectivity index (χ0v) is 18.4. The molecule has 0 bridgehead atoms. The molecule has 0 aromatic heterocycles. The Balaban J connectivity index is 1.65. The van der Waals surface area contributed by atoms with Gasteiger partial charge in [0.25, 0.3) is 5.91 Å². The van der Waals surface area contributed by atoms with E-state index >= 15 is 0 Å². The van der Waals surface area contributed by atoms with Crippen LogP contribution >= 0.6 is 0 Å². The average Bonchev–Trinajstić information content (AvgIpc) is 3.26. The van der Waals surface area contributed by atoms with Gasteiger partial charge in [0, 0.05) is 45.2 Å². The zero-order chi connectivity index (χ0) is 21.5. The van der Waals surface area contributed by atoms with E-state index < -0.39 is 0 Å². The quantitative estimate of drug-likeness (QED) is 0.588. The van der Waals surface area contributed by atoms with Crippen molar-refractivity contribution in [1.82, 2.24) is 15.1 Å². The molecule has 1 aliphatic rings. The monoisotopic (exact) mass is 408 g/mol. The summed E-state index contributed by atoms with van der Waals surface area (Å²) in [7, 11) is 5.22. The van der Waals surface area contributed by atoms with E-state index in [4.69, 9.17) is 9.73 Å². The van der Waals surface area contributed by atoms with Gasteiger partial charge in [-0.2, -0.15) is 0 Å². The number of nitrogens with zero attached hydrogens (tertiary/aromatic N) is 3. The van der Waals surface area contributed by atoms with E-state index in [1.54, 1.807) is 26.1 Å². The van der Waals surface area contributed by atoms with Gasteiger partial charge in [0.15, 0.2) is 5.96 Å². The van der Waals surface area contributed by atoms with Gasteiger partial charge >= 0.3 is 0 Å². The molecule has 6 nitrogen and oxygen atoms in total. The Morgan fingerprint density at radius 3 is 2.47 bits per heavy atom. The van der Waals surface area contributed by atoms with Crippen LogP contribution in [0.1, 0.15) is 40.7 Å². The van der Waals surface area contributed by atoms with Crippen molar-refractivity contribution in [3.05, 3.63) is 65.2 Å². The third-order valence-corrected chi connectivity index (χ3v) is 5.43. The molecule has 2 aromatic carbocycles. The first kappa shape index (κ1) is 21.7. The van der Waals surface area contributed by atoms with Crippen LogP contribution in [0.5, 0.6) is 5.75 Å². The molecule has 1 saturated heterocycles. The second kappa shape index (κ2) is 10.1. The Morgan fingerprint density at radius 2 is 1.87 bits per heavy atom. The fourth-order valence-electron chi connectivity index (χ4n) is 3.70. The van der Waals surface area contributed by atoms with Crippen molar-refractivity contribution in [1.29, 1.82) is 0 Å². The number of hydrogen-bond donors (Lipinski definition) is 1. The van der Waals surface area contributed by atoms with Gasteiger partial charge in [0.1, 0.15) is 5.75 Å². The van der Waals surface area contributed by atoms with E-state index in [0.717, 1.165) is 43.3 Å². The van der Waals surface area contributed by atoms with E-state index in [9.17, 15) is 4.79 Å². The lowest BCUT2D eigenvalue weighted by molar-refractivity contribution is 0.0827. The van der Waals surface area contributed by atoms with Gasteiger partial charge in [0.05, 0.1) is 13.7 Å². The van der Waals surface area contributed by atoms with Crippen LogP contribution in [0.15, 0.2) is 53.5 Å². The number of aliphatic imine (C=N–C) groups is 1. The molecule has 160 valence electrons. The van der Waals surface area contributed by atoms with Crippen LogP contribution in [0.2, 0.25) is 0 Å². The third kappa shape index (κ3) is 5.32. The summed E-state index contributed by atoms with van der Waals surface area (Å²) in [5.41, 5.74) is 3.13. The number of amides is 1. The van der Waals surface area contributed by atoms with Gasteiger partial charge in [-0.15, -0.1) is 0 Å². The average molecular weight is 409 g/mol. The maximum atomic E-state index is 12.0. The predicted octanol–water partition coefficient (Wildman–Crippen LogP) is 3.35. The largest absolute Gasteiger partial charge is 0.497 e. The van der Waals surface area contributed by atoms with Gasteiger partial charge < -0.3 is 19.9 Å². The molecule has 1 atom stereocenters. The highest BCUT2D eigenvalue weighted by Crippen LogP contribution is 2.28. The predicted molar refractivity (Wildman–Crippen MR) is 121 cm³/mol. The van der Waals surface area contributed by atoms with Crippen LogP contribution < -0.4 is 10.1 Å². The summed E-state index contributed by atoms with van der Waals surface area (Å²) >= 11 is 0. The van der Waals surface area contributed by atoms with Crippen LogP contribution in [0, 0.1) is 0 Å². The van der Waals surface area contributed by atoms with Crippen molar-refractivity contribution >= 4 is 11.9 Å². The van der Waals surface area contributed by atoms with Gasteiger partial charge in [-0.05, 0) is 48.7 Å².